The van der Waals surface area contributed by atoms with Crippen LogP contribution < -0.4 is 4.74 Å². The number of carbonyl (C=O) groups excluding carboxylic acids is 2. The van der Waals surface area contributed by atoms with Crippen LogP contribution in [0.25, 0.3) is 0 Å². The number of benzene rings is 2. The summed E-state index contributed by atoms with van der Waals surface area (Å²) in [7, 11) is 3.24. The lowest BCUT2D eigenvalue weighted by Gasteiger charge is -2.42. The van der Waals surface area contributed by atoms with Crippen LogP contribution in [0.4, 0.5) is 5.69 Å². The van der Waals surface area contributed by atoms with Gasteiger partial charge in [-0.2, -0.15) is 0 Å². The number of ether oxygens (including phenoxy) is 1. The quantitative estimate of drug-likeness (QED) is 0.416. The van der Waals surface area contributed by atoms with Gasteiger partial charge in [0.2, 0.25) is 11.8 Å². The first kappa shape index (κ1) is 24.2. The molecule has 1 aliphatic heterocycles. The molecule has 2 amide bonds. The van der Waals surface area contributed by atoms with Crippen molar-refractivity contribution >= 4 is 17.5 Å². The summed E-state index contributed by atoms with van der Waals surface area (Å²) < 4.78 is 5.58. The molecule has 2 atom stereocenters. The summed E-state index contributed by atoms with van der Waals surface area (Å²) in [6.45, 7) is 2.75. The third-order valence-corrected chi connectivity index (χ3v) is 6.21. The Morgan fingerprint density at radius 1 is 1.21 bits per heavy atom. The van der Waals surface area contributed by atoms with E-state index in [0.717, 1.165) is 18.4 Å². The Hall–Kier alpha value is -3.42. The van der Waals surface area contributed by atoms with Crippen LogP contribution >= 0.6 is 0 Å². The van der Waals surface area contributed by atoms with Gasteiger partial charge in [-0.1, -0.05) is 49.7 Å². The highest BCUT2D eigenvalue weighted by Gasteiger charge is 2.42. The van der Waals surface area contributed by atoms with Crippen LogP contribution in [0.1, 0.15) is 49.8 Å². The number of para-hydroxylation sites is 2. The number of likely N-dealkylation sites (tertiary alicyclic amines) is 1. The van der Waals surface area contributed by atoms with Crippen molar-refractivity contribution in [1.82, 2.24) is 9.80 Å². The SMILES string of the molecule is CCCCN1C(=O)CCC(C(=O)N(C)Cc2ccccc2[N+](=O)[O-])C1c1ccccc1OC. The van der Waals surface area contributed by atoms with Gasteiger partial charge in [0, 0.05) is 37.2 Å². The van der Waals surface area contributed by atoms with E-state index in [0.29, 0.717) is 30.7 Å². The molecule has 8 heteroatoms. The molecule has 1 fully saturated rings. The highest BCUT2D eigenvalue weighted by Crippen LogP contribution is 2.41. The molecule has 8 nitrogen and oxygen atoms in total. The van der Waals surface area contributed by atoms with Gasteiger partial charge in [0.05, 0.1) is 30.5 Å². The lowest BCUT2D eigenvalue weighted by Crippen LogP contribution is -2.48. The fourth-order valence-corrected chi connectivity index (χ4v) is 4.54. The minimum absolute atomic E-state index is 0.0122. The second kappa shape index (κ2) is 10.9. The molecule has 1 saturated heterocycles. The minimum Gasteiger partial charge on any atom is -0.496 e. The van der Waals surface area contributed by atoms with Crippen molar-refractivity contribution in [3.8, 4) is 5.75 Å². The lowest BCUT2D eigenvalue weighted by molar-refractivity contribution is -0.385. The molecule has 0 aromatic heterocycles. The number of nitro groups is 1. The molecule has 2 aromatic carbocycles. The van der Waals surface area contributed by atoms with Gasteiger partial charge in [0.1, 0.15) is 5.75 Å². The van der Waals surface area contributed by atoms with E-state index in [9.17, 15) is 19.7 Å². The Labute approximate surface area is 194 Å². The van der Waals surface area contributed by atoms with Crippen LogP contribution in [-0.4, -0.2) is 47.2 Å². The number of nitrogens with zero attached hydrogens (tertiary/aromatic N) is 3. The molecule has 0 spiro atoms. The first-order chi connectivity index (χ1) is 15.9. The average molecular weight is 454 g/mol. The molecular weight excluding hydrogens is 422 g/mol. The second-order valence-corrected chi connectivity index (χ2v) is 8.35. The largest absolute Gasteiger partial charge is 0.496 e. The molecule has 0 saturated carbocycles. The van der Waals surface area contributed by atoms with E-state index < -0.39 is 16.9 Å². The van der Waals surface area contributed by atoms with Crippen molar-refractivity contribution in [1.29, 1.82) is 0 Å². The van der Waals surface area contributed by atoms with Crippen molar-refractivity contribution in [3.63, 3.8) is 0 Å². The summed E-state index contributed by atoms with van der Waals surface area (Å²) in [5.74, 6) is 0.0595. The van der Waals surface area contributed by atoms with Crippen LogP contribution in [0.2, 0.25) is 0 Å². The first-order valence-corrected chi connectivity index (χ1v) is 11.3. The van der Waals surface area contributed by atoms with Crippen LogP contribution in [-0.2, 0) is 16.1 Å². The van der Waals surface area contributed by atoms with Crippen LogP contribution in [0.5, 0.6) is 5.75 Å². The normalized spacial score (nSPS) is 18.2. The summed E-state index contributed by atoms with van der Waals surface area (Å²) >= 11 is 0. The predicted molar refractivity (Wildman–Crippen MR) is 125 cm³/mol. The molecular formula is C25H31N3O5. The smallest absolute Gasteiger partial charge is 0.274 e. The van der Waals surface area contributed by atoms with Gasteiger partial charge in [-0.25, -0.2) is 0 Å². The molecule has 176 valence electrons. The summed E-state index contributed by atoms with van der Waals surface area (Å²) in [4.78, 5) is 40.9. The summed E-state index contributed by atoms with van der Waals surface area (Å²) in [5.41, 5.74) is 1.27. The number of hydrogen-bond donors (Lipinski definition) is 0. The molecule has 1 aliphatic rings. The summed E-state index contributed by atoms with van der Waals surface area (Å²) in [6.07, 6.45) is 2.48. The zero-order valence-corrected chi connectivity index (χ0v) is 19.4. The van der Waals surface area contributed by atoms with Crippen molar-refractivity contribution in [2.24, 2.45) is 5.92 Å². The lowest BCUT2D eigenvalue weighted by atomic mass is 9.82. The van der Waals surface area contributed by atoms with Gasteiger partial charge in [0.25, 0.3) is 5.69 Å². The minimum atomic E-state index is -0.469. The Morgan fingerprint density at radius 2 is 1.91 bits per heavy atom. The molecule has 0 bridgehead atoms. The fourth-order valence-electron chi connectivity index (χ4n) is 4.54. The molecule has 0 N–H and O–H groups in total. The monoisotopic (exact) mass is 453 g/mol. The van der Waals surface area contributed by atoms with E-state index in [2.05, 4.69) is 6.92 Å². The zero-order chi connectivity index (χ0) is 24.0. The van der Waals surface area contributed by atoms with Gasteiger partial charge >= 0.3 is 0 Å². The van der Waals surface area contributed by atoms with Gasteiger partial charge in [-0.15, -0.1) is 0 Å². The number of unbranched alkanes of at least 4 members (excludes halogenated alkanes) is 1. The Balaban J connectivity index is 1.95. The maximum atomic E-state index is 13.7. The maximum absolute atomic E-state index is 13.7. The number of hydrogen-bond acceptors (Lipinski definition) is 5. The number of piperidine rings is 1. The number of amides is 2. The Kier molecular flexibility index (Phi) is 8.03. The Morgan fingerprint density at radius 3 is 2.61 bits per heavy atom. The first-order valence-electron chi connectivity index (χ1n) is 11.3. The van der Waals surface area contributed by atoms with Crippen LogP contribution in [0, 0.1) is 16.0 Å². The van der Waals surface area contributed by atoms with Crippen molar-refractivity contribution in [3.05, 3.63) is 69.8 Å². The number of carbonyl (C=O) groups is 2. The van der Waals surface area contributed by atoms with Gasteiger partial charge in [-0.3, -0.25) is 19.7 Å². The van der Waals surface area contributed by atoms with Gasteiger partial charge < -0.3 is 14.5 Å². The van der Waals surface area contributed by atoms with E-state index in [1.165, 1.54) is 11.0 Å². The average Bonchev–Trinajstić information content (AvgIpc) is 2.82. The van der Waals surface area contributed by atoms with Crippen molar-refractivity contribution < 1.29 is 19.2 Å². The summed E-state index contributed by atoms with van der Waals surface area (Å²) in [5, 5.41) is 11.4. The fraction of sp³-hybridized carbons (Fsp3) is 0.440. The van der Waals surface area contributed by atoms with Crippen LogP contribution in [0.15, 0.2) is 48.5 Å². The van der Waals surface area contributed by atoms with E-state index in [1.807, 2.05) is 29.2 Å². The standard InChI is InChI=1S/C25H31N3O5/c1-4-5-16-27-23(29)15-14-20(24(27)19-11-7-9-13-22(19)33-3)25(30)26(2)17-18-10-6-8-12-21(18)28(31)32/h6-13,20,24H,4-5,14-17H2,1-3H3. The molecule has 2 aromatic rings. The molecule has 0 radical (unpaired) electrons. The molecule has 0 aliphatic carbocycles. The van der Waals surface area contributed by atoms with Crippen molar-refractivity contribution in [2.75, 3.05) is 20.7 Å². The van der Waals surface area contributed by atoms with Crippen LogP contribution in [0.3, 0.4) is 0 Å². The number of rotatable bonds is 9. The molecule has 2 unspecified atom stereocenters. The second-order valence-electron chi connectivity index (χ2n) is 8.35. The Bertz CT molecular complexity index is 1010. The van der Waals surface area contributed by atoms with Gasteiger partial charge in [0.15, 0.2) is 0 Å². The zero-order valence-electron chi connectivity index (χ0n) is 19.4. The van der Waals surface area contributed by atoms with Crippen molar-refractivity contribution in [2.45, 2.75) is 45.2 Å². The van der Waals surface area contributed by atoms with E-state index in [-0.39, 0.29) is 24.0 Å². The number of methoxy groups -OCH3 is 1. The van der Waals surface area contributed by atoms with E-state index in [1.54, 1.807) is 32.4 Å². The van der Waals surface area contributed by atoms with E-state index >= 15 is 0 Å². The predicted octanol–water partition coefficient (Wildman–Crippen LogP) is 4.34. The third kappa shape index (κ3) is 5.32. The maximum Gasteiger partial charge on any atom is 0.274 e. The molecule has 33 heavy (non-hydrogen) atoms. The van der Waals surface area contributed by atoms with E-state index in [4.69, 9.17) is 4.74 Å². The van der Waals surface area contributed by atoms with Gasteiger partial charge in [-0.05, 0) is 18.9 Å². The highest BCUT2D eigenvalue weighted by atomic mass is 16.6. The third-order valence-electron chi connectivity index (χ3n) is 6.21. The number of nitro benzene ring substituents is 1. The molecule has 3 rings (SSSR count). The summed E-state index contributed by atoms with van der Waals surface area (Å²) in [6, 6.07) is 13.5. The molecule has 1 heterocycles. The topological polar surface area (TPSA) is 93.0 Å². The highest BCUT2D eigenvalue weighted by molar-refractivity contribution is 5.85.